The van der Waals surface area contributed by atoms with E-state index in [0.29, 0.717) is 6.61 Å². The molecule has 0 aromatic rings. The average molecular weight is 211 g/mol. The summed E-state index contributed by atoms with van der Waals surface area (Å²) in [4.78, 5) is 0. The van der Waals surface area contributed by atoms with Gasteiger partial charge in [0.25, 0.3) is 0 Å². The fraction of sp³-hybridized carbons (Fsp3) is 1.00. The minimum absolute atomic E-state index is 0.241. The van der Waals surface area contributed by atoms with E-state index < -0.39 is 0 Å². The van der Waals surface area contributed by atoms with Gasteiger partial charge in [-0.15, -0.1) is 3.71 Å². The Morgan fingerprint density at radius 2 is 2.08 bits per heavy atom. The van der Waals surface area contributed by atoms with Gasteiger partial charge in [-0.05, 0) is 13.2 Å². The molecule has 0 saturated carbocycles. The summed E-state index contributed by atoms with van der Waals surface area (Å²) in [6.07, 6.45) is 1.77. The molecule has 5 heteroatoms. The summed E-state index contributed by atoms with van der Waals surface area (Å²) < 4.78 is 12.5. The predicted molar refractivity (Wildman–Crippen MR) is 55.9 cm³/mol. The lowest BCUT2D eigenvalue weighted by molar-refractivity contribution is -0.152. The summed E-state index contributed by atoms with van der Waals surface area (Å²) in [5, 5.41) is 0. The van der Waals surface area contributed by atoms with Crippen molar-refractivity contribution in [3.05, 3.63) is 0 Å². The Morgan fingerprint density at radius 1 is 1.42 bits per heavy atom. The molecule has 0 aliphatic rings. The van der Waals surface area contributed by atoms with Crippen molar-refractivity contribution in [3.8, 4) is 0 Å². The zero-order valence-corrected chi connectivity index (χ0v) is 9.70. The van der Waals surface area contributed by atoms with Gasteiger partial charge >= 0.3 is 0 Å². The molecule has 0 N–H and O–H groups in total. The molecule has 1 unspecified atom stereocenters. The maximum Gasteiger partial charge on any atom is 0.237 e. The van der Waals surface area contributed by atoms with Crippen LogP contribution in [0.1, 0.15) is 13.8 Å². The third-order valence-electron chi connectivity index (χ3n) is 1.12. The molecule has 0 radical (unpaired) electrons. The zero-order chi connectivity index (χ0) is 9.40. The number of nitrogens with zero attached hydrogens (tertiary/aromatic N) is 1. The Hall–Kier alpha value is 0.580. The number of methoxy groups -OCH3 is 1. The third-order valence-corrected chi connectivity index (χ3v) is 3.10. The lowest BCUT2D eigenvalue weighted by atomic mass is 10.9. The van der Waals surface area contributed by atoms with Gasteiger partial charge in [0.15, 0.2) is 0 Å². The Morgan fingerprint density at radius 3 is 2.42 bits per heavy atom. The summed E-state index contributed by atoms with van der Waals surface area (Å²) in [7, 11) is 1.65. The molecule has 0 amide bonds. The summed E-state index contributed by atoms with van der Waals surface area (Å²) >= 11 is 3.31. The van der Waals surface area contributed by atoms with Gasteiger partial charge in [-0.25, -0.2) is 0 Å². The van der Waals surface area contributed by atoms with Crippen LogP contribution in [-0.4, -0.2) is 35.8 Å². The number of ether oxygens (including phenoxy) is 2. The van der Waals surface area contributed by atoms with E-state index in [-0.39, 0.29) is 6.41 Å². The van der Waals surface area contributed by atoms with Gasteiger partial charge in [0.2, 0.25) is 6.41 Å². The van der Waals surface area contributed by atoms with Crippen molar-refractivity contribution in [1.29, 1.82) is 0 Å². The molecule has 74 valence electrons. The lowest BCUT2D eigenvalue weighted by Crippen LogP contribution is -2.28. The van der Waals surface area contributed by atoms with Gasteiger partial charge < -0.3 is 9.47 Å². The van der Waals surface area contributed by atoms with Gasteiger partial charge in [0, 0.05) is 19.5 Å². The molecule has 0 fully saturated rings. The predicted octanol–water partition coefficient (Wildman–Crippen LogP) is 2.20. The van der Waals surface area contributed by atoms with Crippen molar-refractivity contribution in [2.24, 2.45) is 0 Å². The number of hydrogen-bond acceptors (Lipinski definition) is 5. The van der Waals surface area contributed by atoms with Crippen LogP contribution in [0.15, 0.2) is 0 Å². The van der Waals surface area contributed by atoms with E-state index in [4.69, 9.17) is 9.47 Å². The summed E-state index contributed by atoms with van der Waals surface area (Å²) in [6.45, 7) is 4.73. The topological polar surface area (TPSA) is 21.7 Å². The molecule has 0 saturated heterocycles. The van der Waals surface area contributed by atoms with E-state index in [1.165, 1.54) is 0 Å². The van der Waals surface area contributed by atoms with Crippen molar-refractivity contribution in [2.75, 3.05) is 25.7 Å². The van der Waals surface area contributed by atoms with Crippen LogP contribution in [0.5, 0.6) is 0 Å². The van der Waals surface area contributed by atoms with Crippen molar-refractivity contribution in [1.82, 2.24) is 3.71 Å². The first-order chi connectivity index (χ1) is 5.79. The average Bonchev–Trinajstić information content (AvgIpc) is 2.11. The molecular weight excluding hydrogens is 194 g/mol. The smallest absolute Gasteiger partial charge is 0.237 e. The Balaban J connectivity index is 3.84. The van der Waals surface area contributed by atoms with Crippen LogP contribution in [0, 0.1) is 0 Å². The molecule has 0 rings (SSSR count). The summed E-state index contributed by atoms with van der Waals surface area (Å²) in [6, 6.07) is 0. The Bertz CT molecular complexity index is 93.4. The van der Waals surface area contributed by atoms with Crippen molar-refractivity contribution >= 4 is 23.9 Å². The first-order valence-electron chi connectivity index (χ1n) is 3.90. The van der Waals surface area contributed by atoms with Crippen LogP contribution in [-0.2, 0) is 9.47 Å². The van der Waals surface area contributed by atoms with Crippen LogP contribution in [0.3, 0.4) is 0 Å². The fourth-order valence-electron chi connectivity index (χ4n) is 0.684. The Kier molecular flexibility index (Phi) is 8.59. The van der Waals surface area contributed by atoms with Crippen LogP contribution >= 0.6 is 23.9 Å². The van der Waals surface area contributed by atoms with E-state index in [0.717, 1.165) is 5.75 Å². The Labute approximate surface area is 83.4 Å². The monoisotopic (exact) mass is 211 g/mol. The highest BCUT2D eigenvalue weighted by Crippen LogP contribution is 2.23. The normalized spacial score (nSPS) is 13.8. The van der Waals surface area contributed by atoms with Gasteiger partial charge in [-0.3, -0.25) is 0 Å². The maximum absolute atomic E-state index is 5.36. The quantitative estimate of drug-likeness (QED) is 0.474. The maximum atomic E-state index is 5.36. The molecule has 1 atom stereocenters. The van der Waals surface area contributed by atoms with Gasteiger partial charge in [0.05, 0.1) is 0 Å². The molecule has 0 bridgehead atoms. The largest absolute Gasteiger partial charge is 0.342 e. The highest BCUT2D eigenvalue weighted by molar-refractivity contribution is 8.11. The molecule has 0 heterocycles. The minimum Gasteiger partial charge on any atom is -0.342 e. The van der Waals surface area contributed by atoms with E-state index in [2.05, 4.69) is 6.92 Å². The lowest BCUT2D eigenvalue weighted by Gasteiger charge is -2.25. The zero-order valence-electron chi connectivity index (χ0n) is 8.07. The molecule has 0 aliphatic heterocycles. The second-order valence-corrected chi connectivity index (χ2v) is 4.10. The van der Waals surface area contributed by atoms with E-state index in [1.54, 1.807) is 31.0 Å². The molecular formula is C7H17NO2S2. The second kappa shape index (κ2) is 8.19. The summed E-state index contributed by atoms with van der Waals surface area (Å²) in [5.74, 6) is 1.02. The van der Waals surface area contributed by atoms with Crippen LogP contribution in [0.2, 0.25) is 0 Å². The van der Waals surface area contributed by atoms with Gasteiger partial charge in [-0.1, -0.05) is 30.8 Å². The summed E-state index contributed by atoms with van der Waals surface area (Å²) in [5.41, 5.74) is 0. The molecule has 3 nitrogen and oxygen atoms in total. The molecule has 0 aliphatic carbocycles. The third kappa shape index (κ3) is 4.57. The van der Waals surface area contributed by atoms with Gasteiger partial charge in [-0.2, -0.15) is 0 Å². The highest BCUT2D eigenvalue weighted by atomic mass is 32.2. The molecule has 0 spiro atoms. The van der Waals surface area contributed by atoms with E-state index in [1.807, 2.05) is 16.9 Å². The number of rotatable bonds is 7. The standard InChI is InChI=1S/C7H17NO2S2/c1-5-10-7(9-3)8(11-4)12-6-2/h7H,5-6H2,1-4H3. The van der Waals surface area contributed by atoms with Crippen LogP contribution in [0.4, 0.5) is 0 Å². The second-order valence-electron chi connectivity index (χ2n) is 1.88. The molecule has 12 heavy (non-hydrogen) atoms. The highest BCUT2D eigenvalue weighted by Gasteiger charge is 2.16. The fourth-order valence-corrected chi connectivity index (χ4v) is 2.26. The van der Waals surface area contributed by atoms with Crippen molar-refractivity contribution in [2.45, 2.75) is 20.3 Å². The van der Waals surface area contributed by atoms with E-state index in [9.17, 15) is 0 Å². The van der Waals surface area contributed by atoms with Crippen LogP contribution in [0.25, 0.3) is 0 Å². The van der Waals surface area contributed by atoms with Crippen molar-refractivity contribution < 1.29 is 9.47 Å². The minimum atomic E-state index is -0.241. The molecule has 0 aromatic heterocycles. The first-order valence-corrected chi connectivity index (χ1v) is 6.03. The first kappa shape index (κ1) is 12.6. The SMILES string of the molecule is CCOC(OC)N(SC)SCC. The van der Waals surface area contributed by atoms with E-state index >= 15 is 0 Å². The van der Waals surface area contributed by atoms with Crippen LogP contribution < -0.4 is 0 Å². The van der Waals surface area contributed by atoms with Gasteiger partial charge in [0.1, 0.15) is 0 Å². The molecule has 0 aromatic carbocycles. The van der Waals surface area contributed by atoms with Crippen molar-refractivity contribution in [3.63, 3.8) is 0 Å². The number of hydrogen-bond donors (Lipinski definition) is 0.